The Morgan fingerprint density at radius 1 is 1.19 bits per heavy atom. The van der Waals surface area contributed by atoms with E-state index in [9.17, 15) is 18.0 Å². The van der Waals surface area contributed by atoms with Crippen molar-refractivity contribution in [1.82, 2.24) is 9.55 Å². The summed E-state index contributed by atoms with van der Waals surface area (Å²) in [5.74, 6) is -0.580. The predicted molar refractivity (Wildman–Crippen MR) is 93.9 cm³/mol. The fourth-order valence-electron chi connectivity index (χ4n) is 2.35. The Kier molecular flexibility index (Phi) is 5.36. The number of nitrogens with one attached hydrogen (secondary N) is 1. The molecule has 2 aromatic carbocycles. The smallest absolute Gasteiger partial charge is 0.406 e. The number of carbonyl (C=O) groups excluding carboxylic acids is 1. The molecule has 3 aromatic rings. The number of carbonyl (C=O) groups is 1. The van der Waals surface area contributed by atoms with Crippen LogP contribution in [0.4, 0.5) is 19.0 Å². The minimum absolute atomic E-state index is 0.175. The summed E-state index contributed by atoms with van der Waals surface area (Å²) in [5, 5.41) is 3.21. The van der Waals surface area contributed by atoms with Crippen molar-refractivity contribution in [1.29, 1.82) is 0 Å². The van der Waals surface area contributed by atoms with E-state index in [4.69, 9.17) is 11.6 Å². The highest BCUT2D eigenvalue weighted by Crippen LogP contribution is 2.23. The number of rotatable bonds is 5. The van der Waals surface area contributed by atoms with Gasteiger partial charge in [-0.15, -0.1) is 13.2 Å². The van der Waals surface area contributed by atoms with Gasteiger partial charge in [-0.2, -0.15) is 0 Å². The van der Waals surface area contributed by atoms with Gasteiger partial charge < -0.3 is 14.6 Å². The molecule has 0 bridgehead atoms. The quantitative estimate of drug-likeness (QED) is 0.679. The Balaban J connectivity index is 1.62. The van der Waals surface area contributed by atoms with Gasteiger partial charge in [0.2, 0.25) is 0 Å². The molecule has 0 saturated carbocycles. The Bertz CT molecular complexity index is 940. The molecule has 0 atom stereocenters. The first-order chi connectivity index (χ1) is 12.8. The molecule has 0 spiro atoms. The van der Waals surface area contributed by atoms with Crippen molar-refractivity contribution >= 4 is 23.3 Å². The second-order valence-electron chi connectivity index (χ2n) is 5.59. The van der Waals surface area contributed by atoms with Crippen LogP contribution in [0.2, 0.25) is 5.02 Å². The molecular weight excluding hydrogens is 383 g/mol. The van der Waals surface area contributed by atoms with Crippen molar-refractivity contribution < 1.29 is 22.7 Å². The summed E-state index contributed by atoms with van der Waals surface area (Å²) in [5.41, 5.74) is 1.15. The molecule has 0 aliphatic carbocycles. The number of nitrogens with zero attached hydrogens (tertiary/aromatic N) is 2. The van der Waals surface area contributed by atoms with Gasteiger partial charge in [-0.1, -0.05) is 23.7 Å². The van der Waals surface area contributed by atoms with Gasteiger partial charge in [-0.05, 0) is 42.0 Å². The second kappa shape index (κ2) is 7.71. The number of hydrogen-bond donors (Lipinski definition) is 1. The third-order valence-corrected chi connectivity index (χ3v) is 3.71. The topological polar surface area (TPSA) is 56.2 Å². The number of imidazole rings is 1. The van der Waals surface area contributed by atoms with Crippen LogP contribution in [-0.2, 0) is 6.54 Å². The van der Waals surface area contributed by atoms with Crippen LogP contribution in [0.1, 0.15) is 15.9 Å². The van der Waals surface area contributed by atoms with E-state index in [0.717, 1.165) is 17.7 Å². The summed E-state index contributed by atoms with van der Waals surface area (Å²) in [6.45, 7) is 0.521. The van der Waals surface area contributed by atoms with Gasteiger partial charge in [-0.3, -0.25) is 4.79 Å². The van der Waals surface area contributed by atoms with Crippen LogP contribution in [-0.4, -0.2) is 21.8 Å². The minimum Gasteiger partial charge on any atom is -0.406 e. The van der Waals surface area contributed by atoms with Crippen LogP contribution in [0.3, 0.4) is 0 Å². The van der Waals surface area contributed by atoms with Crippen LogP contribution in [0.15, 0.2) is 61.1 Å². The lowest BCUT2D eigenvalue weighted by atomic mass is 10.2. The molecule has 0 radical (unpaired) electrons. The molecule has 140 valence electrons. The number of aromatic nitrogens is 2. The van der Waals surface area contributed by atoms with E-state index in [1.54, 1.807) is 23.2 Å². The maximum Gasteiger partial charge on any atom is 0.573 e. The highest BCUT2D eigenvalue weighted by Gasteiger charge is 2.31. The molecule has 1 N–H and O–H groups in total. The third-order valence-electron chi connectivity index (χ3n) is 3.48. The van der Waals surface area contributed by atoms with Crippen LogP contribution in [0.5, 0.6) is 5.75 Å². The first-order valence-electron chi connectivity index (χ1n) is 7.72. The molecule has 0 aliphatic heterocycles. The summed E-state index contributed by atoms with van der Waals surface area (Å²) in [6, 6.07) is 12.0. The van der Waals surface area contributed by atoms with Crippen molar-refractivity contribution in [3.05, 3.63) is 77.2 Å². The lowest BCUT2D eigenvalue weighted by Gasteiger charge is -2.09. The fourth-order valence-corrected chi connectivity index (χ4v) is 2.57. The second-order valence-corrected chi connectivity index (χ2v) is 6.02. The van der Waals surface area contributed by atoms with E-state index >= 15 is 0 Å². The van der Waals surface area contributed by atoms with E-state index in [2.05, 4.69) is 15.0 Å². The standard InChI is InChI=1S/C18H13ClF3N3O2/c19-14-3-1-2-12(8-14)9-25-10-16(23-11-25)24-17(26)13-4-6-15(7-5-13)27-18(20,21)22/h1-8,10-11H,9H2,(H,24,26). The van der Waals surface area contributed by atoms with E-state index < -0.39 is 18.0 Å². The highest BCUT2D eigenvalue weighted by molar-refractivity contribution is 6.30. The molecule has 0 saturated heterocycles. The average Bonchev–Trinajstić information content (AvgIpc) is 3.01. The molecule has 5 nitrogen and oxygen atoms in total. The Labute approximate surface area is 157 Å². The van der Waals surface area contributed by atoms with Gasteiger partial charge in [0.1, 0.15) is 5.75 Å². The number of amides is 1. The summed E-state index contributed by atoms with van der Waals surface area (Å²) < 4.78 is 42.0. The predicted octanol–water partition coefficient (Wildman–Crippen LogP) is 4.74. The third kappa shape index (κ3) is 5.49. The van der Waals surface area contributed by atoms with Gasteiger partial charge >= 0.3 is 6.36 Å². The first-order valence-corrected chi connectivity index (χ1v) is 8.10. The largest absolute Gasteiger partial charge is 0.573 e. The summed E-state index contributed by atoms with van der Waals surface area (Å²) in [6.07, 6.45) is -1.59. The molecule has 9 heteroatoms. The van der Waals surface area contributed by atoms with Crippen molar-refractivity contribution in [2.24, 2.45) is 0 Å². The first kappa shape index (κ1) is 18.8. The lowest BCUT2D eigenvalue weighted by Crippen LogP contribution is -2.17. The summed E-state index contributed by atoms with van der Waals surface area (Å²) >= 11 is 5.95. The van der Waals surface area contributed by atoms with Crippen molar-refractivity contribution in [2.45, 2.75) is 12.9 Å². The normalized spacial score (nSPS) is 11.3. The molecule has 1 aromatic heterocycles. The molecule has 0 aliphatic rings. The Morgan fingerprint density at radius 3 is 2.59 bits per heavy atom. The monoisotopic (exact) mass is 395 g/mol. The van der Waals surface area contributed by atoms with E-state index in [1.807, 2.05) is 18.2 Å². The van der Waals surface area contributed by atoms with Gasteiger partial charge in [-0.25, -0.2) is 4.98 Å². The number of ether oxygens (including phenoxy) is 1. The number of benzene rings is 2. The number of halogens is 4. The molecule has 0 fully saturated rings. The lowest BCUT2D eigenvalue weighted by molar-refractivity contribution is -0.274. The van der Waals surface area contributed by atoms with Crippen LogP contribution >= 0.6 is 11.6 Å². The average molecular weight is 396 g/mol. The van der Waals surface area contributed by atoms with Crippen molar-refractivity contribution in [3.63, 3.8) is 0 Å². The maximum absolute atomic E-state index is 12.2. The molecule has 27 heavy (non-hydrogen) atoms. The van der Waals surface area contributed by atoms with Crippen molar-refractivity contribution in [2.75, 3.05) is 5.32 Å². The number of alkyl halides is 3. The Morgan fingerprint density at radius 2 is 1.93 bits per heavy atom. The Hall–Kier alpha value is -3.00. The van der Waals surface area contributed by atoms with Gasteiger partial charge in [0.05, 0.1) is 6.33 Å². The van der Waals surface area contributed by atoms with Gasteiger partial charge in [0.15, 0.2) is 5.82 Å². The molecular formula is C18H13ClF3N3O2. The minimum atomic E-state index is -4.78. The van der Waals surface area contributed by atoms with E-state index in [0.29, 0.717) is 17.4 Å². The van der Waals surface area contributed by atoms with Gasteiger partial charge in [0, 0.05) is 23.3 Å². The zero-order valence-corrected chi connectivity index (χ0v) is 14.5. The maximum atomic E-state index is 12.2. The SMILES string of the molecule is O=C(Nc1cn(Cc2cccc(Cl)c2)cn1)c1ccc(OC(F)(F)F)cc1. The van der Waals surface area contributed by atoms with E-state index in [1.165, 1.54) is 12.1 Å². The summed E-state index contributed by atoms with van der Waals surface area (Å²) in [4.78, 5) is 16.3. The zero-order chi connectivity index (χ0) is 19.4. The fraction of sp³-hybridized carbons (Fsp3) is 0.111. The van der Waals surface area contributed by atoms with Gasteiger partial charge in [0.25, 0.3) is 5.91 Å². The van der Waals surface area contributed by atoms with Crippen LogP contribution < -0.4 is 10.1 Å². The zero-order valence-electron chi connectivity index (χ0n) is 13.7. The van der Waals surface area contributed by atoms with Crippen molar-refractivity contribution in [3.8, 4) is 5.75 Å². The van der Waals surface area contributed by atoms with E-state index in [-0.39, 0.29) is 5.56 Å². The highest BCUT2D eigenvalue weighted by atomic mass is 35.5. The molecule has 1 heterocycles. The summed E-state index contributed by atoms with van der Waals surface area (Å²) in [7, 11) is 0. The molecule has 3 rings (SSSR count). The molecule has 1 amide bonds. The number of anilines is 1. The number of hydrogen-bond acceptors (Lipinski definition) is 3. The molecule has 0 unspecified atom stereocenters. The van der Waals surface area contributed by atoms with Crippen LogP contribution in [0, 0.1) is 0 Å². The van der Waals surface area contributed by atoms with Crippen LogP contribution in [0.25, 0.3) is 0 Å².